The normalized spacial score (nSPS) is 21.4. The van der Waals surface area contributed by atoms with Crippen LogP contribution in [0.4, 0.5) is 17.6 Å². The number of aromatic nitrogens is 1. The average Bonchev–Trinajstić information content (AvgIpc) is 3.21. The predicted molar refractivity (Wildman–Crippen MR) is 74.8 cm³/mol. The van der Waals surface area contributed by atoms with E-state index in [1.807, 2.05) is 22.6 Å². The van der Waals surface area contributed by atoms with Gasteiger partial charge in [0.1, 0.15) is 17.3 Å². The van der Waals surface area contributed by atoms with Crippen LogP contribution in [-0.2, 0) is 16.3 Å². The fourth-order valence-corrected chi connectivity index (χ4v) is 2.48. The first-order chi connectivity index (χ1) is 9.87. The summed E-state index contributed by atoms with van der Waals surface area (Å²) in [6, 6.07) is 5.13. The molecule has 1 aliphatic rings. The number of hydrogen-bond acceptors (Lipinski definition) is 2. The number of alkyl halides is 2. The van der Waals surface area contributed by atoms with Gasteiger partial charge in [-0.1, -0.05) is 0 Å². The second kappa shape index (κ2) is 4.91. The molecule has 2 nitrogen and oxygen atoms in total. The standard InChI is InChI=1S/C14H8F4INO/c15-8-1-3-10(11(16)5-8)13(7-21-13)14(17,18)12-4-2-9(19)6-20-12/h1-6H,7H2/t13-/m1/s1. The molecule has 0 unspecified atom stereocenters. The van der Waals surface area contributed by atoms with E-state index in [-0.39, 0.29) is 12.2 Å². The summed E-state index contributed by atoms with van der Waals surface area (Å²) in [6.07, 6.45) is 1.29. The highest BCUT2D eigenvalue weighted by Crippen LogP contribution is 2.56. The average molecular weight is 409 g/mol. The zero-order chi connectivity index (χ0) is 15.3. The first-order valence-electron chi connectivity index (χ1n) is 5.96. The summed E-state index contributed by atoms with van der Waals surface area (Å²) in [5.41, 5.74) is -3.00. The van der Waals surface area contributed by atoms with Crippen molar-refractivity contribution in [1.82, 2.24) is 4.98 Å². The molecule has 1 fully saturated rings. The monoisotopic (exact) mass is 409 g/mol. The Morgan fingerprint density at radius 2 is 1.90 bits per heavy atom. The highest BCUT2D eigenvalue weighted by Gasteiger charge is 2.68. The topological polar surface area (TPSA) is 25.4 Å². The summed E-state index contributed by atoms with van der Waals surface area (Å²) < 4.78 is 61.6. The molecular weight excluding hydrogens is 401 g/mol. The lowest BCUT2D eigenvalue weighted by Gasteiger charge is -2.24. The second-order valence-corrected chi connectivity index (χ2v) is 5.92. The Balaban J connectivity index is 2.06. The molecule has 21 heavy (non-hydrogen) atoms. The van der Waals surface area contributed by atoms with Crippen LogP contribution in [0.1, 0.15) is 11.3 Å². The molecule has 0 amide bonds. The summed E-state index contributed by atoms with van der Waals surface area (Å²) in [5.74, 6) is -5.41. The van der Waals surface area contributed by atoms with Crippen LogP contribution in [0.5, 0.6) is 0 Å². The van der Waals surface area contributed by atoms with Crippen LogP contribution in [0.2, 0.25) is 0 Å². The maximum Gasteiger partial charge on any atom is 0.324 e. The van der Waals surface area contributed by atoms with Gasteiger partial charge in [0.15, 0.2) is 5.60 Å². The summed E-state index contributed by atoms with van der Waals surface area (Å²) in [7, 11) is 0. The zero-order valence-electron chi connectivity index (χ0n) is 10.4. The SMILES string of the molecule is Fc1ccc([C@@]2(C(F)(F)c3ccc(I)cn3)CO2)c(F)c1. The molecule has 1 aromatic heterocycles. The van der Waals surface area contributed by atoms with Gasteiger partial charge in [0.05, 0.1) is 6.61 Å². The van der Waals surface area contributed by atoms with Gasteiger partial charge in [0.2, 0.25) is 0 Å². The highest BCUT2D eigenvalue weighted by atomic mass is 127. The van der Waals surface area contributed by atoms with Crippen LogP contribution < -0.4 is 0 Å². The van der Waals surface area contributed by atoms with Gasteiger partial charge < -0.3 is 4.74 Å². The molecule has 3 rings (SSSR count). The third-order valence-corrected chi connectivity index (χ3v) is 3.99. The van der Waals surface area contributed by atoms with Gasteiger partial charge in [-0.3, -0.25) is 4.98 Å². The molecule has 0 bridgehead atoms. The molecule has 7 heteroatoms. The van der Waals surface area contributed by atoms with E-state index in [9.17, 15) is 17.6 Å². The Morgan fingerprint density at radius 1 is 1.19 bits per heavy atom. The van der Waals surface area contributed by atoms with Gasteiger partial charge in [0, 0.05) is 21.4 Å². The van der Waals surface area contributed by atoms with E-state index in [2.05, 4.69) is 4.98 Å². The third kappa shape index (κ3) is 2.32. The smallest absolute Gasteiger partial charge is 0.324 e. The van der Waals surface area contributed by atoms with Crippen LogP contribution in [0.15, 0.2) is 36.5 Å². The quantitative estimate of drug-likeness (QED) is 0.436. The zero-order valence-corrected chi connectivity index (χ0v) is 12.6. The van der Waals surface area contributed by atoms with Gasteiger partial charge in [-0.2, -0.15) is 8.78 Å². The van der Waals surface area contributed by atoms with Crippen molar-refractivity contribution in [3.8, 4) is 0 Å². The Morgan fingerprint density at radius 3 is 2.43 bits per heavy atom. The molecule has 0 radical (unpaired) electrons. The lowest BCUT2D eigenvalue weighted by atomic mass is 9.90. The van der Waals surface area contributed by atoms with Crippen molar-refractivity contribution in [3.05, 3.63) is 63.0 Å². The van der Waals surface area contributed by atoms with Crippen LogP contribution in [0, 0.1) is 15.2 Å². The van der Waals surface area contributed by atoms with E-state index in [1.54, 1.807) is 0 Å². The summed E-state index contributed by atoms with van der Waals surface area (Å²) >= 11 is 1.94. The van der Waals surface area contributed by atoms with Crippen molar-refractivity contribution in [3.63, 3.8) is 0 Å². The molecule has 0 aliphatic carbocycles. The number of hydrogen-bond donors (Lipinski definition) is 0. The summed E-state index contributed by atoms with van der Waals surface area (Å²) in [5, 5.41) is 0. The summed E-state index contributed by atoms with van der Waals surface area (Å²) in [4.78, 5) is 3.69. The van der Waals surface area contributed by atoms with Gasteiger partial charge >= 0.3 is 5.92 Å². The Bertz CT molecular complexity index is 686. The first kappa shape index (κ1) is 14.7. The first-order valence-corrected chi connectivity index (χ1v) is 7.04. The Kier molecular flexibility index (Phi) is 3.44. The minimum atomic E-state index is -3.52. The van der Waals surface area contributed by atoms with E-state index < -0.39 is 28.9 Å². The van der Waals surface area contributed by atoms with Crippen LogP contribution in [0.3, 0.4) is 0 Å². The fourth-order valence-electron chi connectivity index (χ4n) is 2.16. The number of ether oxygens (including phenoxy) is 1. The Hall–Kier alpha value is -1.22. The van der Waals surface area contributed by atoms with Gasteiger partial charge in [-0.05, 0) is 46.9 Å². The van der Waals surface area contributed by atoms with Crippen molar-refractivity contribution < 1.29 is 22.3 Å². The van der Waals surface area contributed by atoms with E-state index in [0.717, 1.165) is 12.1 Å². The van der Waals surface area contributed by atoms with Gasteiger partial charge in [-0.15, -0.1) is 0 Å². The number of rotatable bonds is 3. The molecule has 2 aromatic rings. The Labute approximate surface area is 131 Å². The molecule has 1 aromatic carbocycles. The molecule has 110 valence electrons. The van der Waals surface area contributed by atoms with E-state index in [0.29, 0.717) is 9.64 Å². The van der Waals surface area contributed by atoms with Crippen LogP contribution in [-0.4, -0.2) is 11.6 Å². The van der Waals surface area contributed by atoms with Crippen molar-refractivity contribution in [2.24, 2.45) is 0 Å². The van der Waals surface area contributed by atoms with Crippen LogP contribution in [0.25, 0.3) is 0 Å². The second-order valence-electron chi connectivity index (χ2n) is 4.68. The number of nitrogens with zero attached hydrogens (tertiary/aromatic N) is 1. The minimum Gasteiger partial charge on any atom is -0.357 e. The van der Waals surface area contributed by atoms with E-state index >= 15 is 0 Å². The largest absolute Gasteiger partial charge is 0.357 e. The number of benzene rings is 1. The molecular formula is C14H8F4INO. The third-order valence-electron chi connectivity index (χ3n) is 3.36. The molecule has 1 atom stereocenters. The number of pyridine rings is 1. The minimum absolute atomic E-state index is 0.351. The van der Waals surface area contributed by atoms with E-state index in [1.165, 1.54) is 18.3 Å². The maximum atomic E-state index is 14.6. The number of halogens is 5. The maximum absolute atomic E-state index is 14.6. The molecule has 2 heterocycles. The molecule has 1 saturated heterocycles. The molecule has 1 aliphatic heterocycles. The molecule has 0 saturated carbocycles. The predicted octanol–water partition coefficient (Wildman–Crippen LogP) is 3.98. The van der Waals surface area contributed by atoms with Crippen molar-refractivity contribution in [2.45, 2.75) is 11.5 Å². The highest BCUT2D eigenvalue weighted by molar-refractivity contribution is 14.1. The van der Waals surface area contributed by atoms with Gasteiger partial charge in [0.25, 0.3) is 0 Å². The lowest BCUT2D eigenvalue weighted by molar-refractivity contribution is -0.0902. The van der Waals surface area contributed by atoms with Crippen molar-refractivity contribution in [2.75, 3.05) is 6.61 Å². The van der Waals surface area contributed by atoms with Crippen molar-refractivity contribution >= 4 is 22.6 Å². The van der Waals surface area contributed by atoms with Crippen LogP contribution >= 0.6 is 22.6 Å². The lowest BCUT2D eigenvalue weighted by Crippen LogP contribution is -2.34. The van der Waals surface area contributed by atoms with Gasteiger partial charge in [-0.25, -0.2) is 8.78 Å². The van der Waals surface area contributed by atoms with Crippen molar-refractivity contribution in [1.29, 1.82) is 0 Å². The number of epoxide rings is 1. The molecule has 0 N–H and O–H groups in total. The fraction of sp³-hybridized carbons (Fsp3) is 0.214. The summed E-state index contributed by atoms with van der Waals surface area (Å²) in [6.45, 7) is -0.351. The van der Waals surface area contributed by atoms with E-state index in [4.69, 9.17) is 4.74 Å². The molecule has 0 spiro atoms.